The molecule has 5 rings (SSSR count). The van der Waals surface area contributed by atoms with Crippen LogP contribution in [0.3, 0.4) is 0 Å². The van der Waals surface area contributed by atoms with Crippen molar-refractivity contribution < 1.29 is 32.6 Å². The fraction of sp³-hybridized carbons (Fsp3) is 0.345. The van der Waals surface area contributed by atoms with Gasteiger partial charge in [0.1, 0.15) is 17.3 Å². The Morgan fingerprint density at radius 1 is 1.18 bits per heavy atom. The molecule has 1 atom stereocenters. The number of ether oxygens (including phenoxy) is 1. The minimum Gasteiger partial charge on any atom is -0.497 e. The van der Waals surface area contributed by atoms with Gasteiger partial charge >= 0.3 is 0 Å². The number of benzene rings is 2. The Balaban J connectivity index is 1.29. The van der Waals surface area contributed by atoms with Gasteiger partial charge in [0.15, 0.2) is 5.60 Å². The number of para-hydroxylation sites is 1. The van der Waals surface area contributed by atoms with Gasteiger partial charge < -0.3 is 20.1 Å². The van der Waals surface area contributed by atoms with Gasteiger partial charge in [0.05, 0.1) is 23.4 Å². The average molecular weight is 574 g/mol. The highest BCUT2D eigenvalue weighted by atomic mass is 35.5. The summed E-state index contributed by atoms with van der Waals surface area (Å²) < 4.78 is 46.8. The van der Waals surface area contributed by atoms with Gasteiger partial charge in [-0.2, -0.15) is 0 Å². The monoisotopic (exact) mass is 573 g/mol. The topological polar surface area (TPSA) is 91.8 Å². The summed E-state index contributed by atoms with van der Waals surface area (Å²) >= 11 is 5.87. The maximum absolute atomic E-state index is 14.9. The highest BCUT2D eigenvalue weighted by Crippen LogP contribution is 2.46. The van der Waals surface area contributed by atoms with Crippen molar-refractivity contribution in [3.05, 3.63) is 88.0 Å². The highest BCUT2D eigenvalue weighted by Gasteiger charge is 2.52. The van der Waals surface area contributed by atoms with Gasteiger partial charge in [-0.3, -0.25) is 14.6 Å². The van der Waals surface area contributed by atoms with Crippen LogP contribution >= 0.6 is 11.6 Å². The van der Waals surface area contributed by atoms with Crippen LogP contribution in [0.5, 0.6) is 5.75 Å². The number of carbonyl (C=O) groups excluding carboxylic acids is 2. The maximum atomic E-state index is 14.9. The molecule has 1 fully saturated rings. The number of halogens is 4. The number of rotatable bonds is 7. The number of fused-ring (bicyclic) bond motifs is 1. The number of methoxy groups -OCH3 is 1. The number of alkyl halides is 2. The summed E-state index contributed by atoms with van der Waals surface area (Å²) in [6.07, 6.45) is 0.557. The Morgan fingerprint density at radius 3 is 2.60 bits per heavy atom. The number of aromatic nitrogens is 1. The molecule has 1 aliphatic heterocycles. The van der Waals surface area contributed by atoms with Crippen LogP contribution in [0.15, 0.2) is 54.7 Å². The van der Waals surface area contributed by atoms with Crippen LogP contribution in [0.1, 0.15) is 59.3 Å². The SMILES string of the molecule is COc1ccc(F)c(C2(O)C(=O)N(C[C@H]3CC[C@H](NC(=O)c4cc(Cl)cnc4C(F)F)CC3)c3ccccc32)c1. The van der Waals surface area contributed by atoms with E-state index in [1.54, 1.807) is 24.3 Å². The van der Waals surface area contributed by atoms with Gasteiger partial charge in [0.2, 0.25) is 0 Å². The summed E-state index contributed by atoms with van der Waals surface area (Å²) in [5.41, 5.74) is -2.49. The van der Waals surface area contributed by atoms with Crippen LogP contribution in [0.25, 0.3) is 0 Å². The van der Waals surface area contributed by atoms with Crippen LogP contribution < -0.4 is 15.0 Å². The van der Waals surface area contributed by atoms with E-state index in [9.17, 15) is 27.9 Å². The number of aliphatic hydroxyl groups is 1. The Morgan fingerprint density at radius 2 is 1.90 bits per heavy atom. The van der Waals surface area contributed by atoms with Crippen molar-refractivity contribution in [2.75, 3.05) is 18.6 Å². The quantitative estimate of drug-likeness (QED) is 0.395. The fourth-order valence-corrected chi connectivity index (χ4v) is 5.76. The van der Waals surface area contributed by atoms with Crippen LogP contribution in [0, 0.1) is 11.7 Å². The van der Waals surface area contributed by atoms with Crippen molar-refractivity contribution in [1.82, 2.24) is 10.3 Å². The number of anilines is 1. The van der Waals surface area contributed by atoms with E-state index in [0.29, 0.717) is 37.1 Å². The molecule has 2 amide bonds. The van der Waals surface area contributed by atoms with Gasteiger partial charge in [-0.25, -0.2) is 13.2 Å². The van der Waals surface area contributed by atoms with Gasteiger partial charge in [0, 0.05) is 29.9 Å². The molecule has 11 heteroatoms. The normalized spacial score (nSPS) is 22.4. The molecular weight excluding hydrogens is 547 g/mol. The average Bonchev–Trinajstić information content (AvgIpc) is 3.16. The second-order valence-corrected chi connectivity index (χ2v) is 10.5. The number of hydrogen-bond donors (Lipinski definition) is 2. The predicted octanol–water partition coefficient (Wildman–Crippen LogP) is 5.39. The second-order valence-electron chi connectivity index (χ2n) is 10.1. The van der Waals surface area contributed by atoms with Gasteiger partial charge in [-0.1, -0.05) is 29.8 Å². The molecule has 2 N–H and O–H groups in total. The third kappa shape index (κ3) is 5.01. The Kier molecular flexibility index (Phi) is 7.74. The molecule has 2 aromatic carbocycles. The maximum Gasteiger partial charge on any atom is 0.281 e. The first kappa shape index (κ1) is 27.9. The lowest BCUT2D eigenvalue weighted by Gasteiger charge is -2.32. The number of amides is 2. The molecule has 0 spiro atoms. The molecule has 2 aliphatic rings. The molecule has 40 heavy (non-hydrogen) atoms. The Hall–Kier alpha value is -3.63. The minimum atomic E-state index is -2.92. The summed E-state index contributed by atoms with van der Waals surface area (Å²) in [6, 6.07) is 11.6. The van der Waals surface area contributed by atoms with Crippen LogP contribution in [-0.4, -0.2) is 41.6 Å². The molecule has 1 unspecified atom stereocenters. The van der Waals surface area contributed by atoms with Crippen molar-refractivity contribution in [2.45, 2.75) is 43.8 Å². The van der Waals surface area contributed by atoms with E-state index < -0.39 is 35.4 Å². The van der Waals surface area contributed by atoms with Crippen molar-refractivity contribution in [3.8, 4) is 5.75 Å². The molecule has 0 radical (unpaired) electrons. The number of nitrogens with zero attached hydrogens (tertiary/aromatic N) is 2. The molecular formula is C29H27ClF3N3O4. The van der Waals surface area contributed by atoms with E-state index in [-0.39, 0.29) is 40.2 Å². The number of nitrogens with one attached hydrogen (secondary N) is 1. The number of pyridine rings is 1. The lowest BCUT2D eigenvalue weighted by molar-refractivity contribution is -0.132. The summed E-state index contributed by atoms with van der Waals surface area (Å²) in [7, 11) is 1.42. The number of hydrogen-bond acceptors (Lipinski definition) is 5. The third-order valence-electron chi connectivity index (χ3n) is 7.66. The molecule has 0 bridgehead atoms. The lowest BCUT2D eigenvalue weighted by Crippen LogP contribution is -2.45. The first-order valence-corrected chi connectivity index (χ1v) is 13.2. The number of carbonyl (C=O) groups is 2. The first-order chi connectivity index (χ1) is 19.1. The van der Waals surface area contributed by atoms with Crippen molar-refractivity contribution in [1.29, 1.82) is 0 Å². The van der Waals surface area contributed by atoms with Gasteiger partial charge in [0.25, 0.3) is 18.2 Å². The zero-order chi connectivity index (χ0) is 28.6. The molecule has 3 aromatic rings. The molecule has 2 heterocycles. The van der Waals surface area contributed by atoms with Crippen molar-refractivity contribution in [2.24, 2.45) is 5.92 Å². The molecule has 7 nitrogen and oxygen atoms in total. The van der Waals surface area contributed by atoms with E-state index in [2.05, 4.69) is 10.3 Å². The third-order valence-corrected chi connectivity index (χ3v) is 7.87. The molecule has 1 aromatic heterocycles. The van der Waals surface area contributed by atoms with E-state index in [0.717, 1.165) is 12.3 Å². The summed E-state index contributed by atoms with van der Waals surface area (Å²) in [5, 5.41) is 14.6. The second kappa shape index (κ2) is 11.1. The largest absolute Gasteiger partial charge is 0.497 e. The van der Waals surface area contributed by atoms with E-state index in [4.69, 9.17) is 16.3 Å². The molecule has 0 saturated heterocycles. The van der Waals surface area contributed by atoms with Crippen LogP contribution in [0.4, 0.5) is 18.9 Å². The van der Waals surface area contributed by atoms with E-state index >= 15 is 0 Å². The zero-order valence-corrected chi connectivity index (χ0v) is 22.3. The minimum absolute atomic E-state index is 0.0344. The Labute approximate surface area is 233 Å². The smallest absolute Gasteiger partial charge is 0.281 e. The van der Waals surface area contributed by atoms with Crippen molar-refractivity contribution >= 4 is 29.1 Å². The predicted molar refractivity (Wildman–Crippen MR) is 142 cm³/mol. The van der Waals surface area contributed by atoms with E-state index in [1.165, 1.54) is 30.2 Å². The standard InChI is InChI=1S/C29H27ClF3N3O4/c1-40-19-10-11-23(31)22(13-19)29(39)21-4-2-3-5-24(21)36(28(29)38)15-16-6-8-18(9-7-16)35-27(37)20-12-17(30)14-34-25(20)26(32)33/h2-5,10-14,16,18,26,39H,6-9,15H2,1H3,(H,35,37)/t16-,18-,29?. The zero-order valence-electron chi connectivity index (χ0n) is 21.5. The van der Waals surface area contributed by atoms with Crippen LogP contribution in [-0.2, 0) is 10.4 Å². The lowest BCUT2D eigenvalue weighted by atomic mass is 9.85. The van der Waals surface area contributed by atoms with Crippen LogP contribution in [0.2, 0.25) is 5.02 Å². The fourth-order valence-electron chi connectivity index (χ4n) is 5.60. The highest BCUT2D eigenvalue weighted by molar-refractivity contribution is 6.30. The van der Waals surface area contributed by atoms with Gasteiger partial charge in [-0.15, -0.1) is 0 Å². The van der Waals surface area contributed by atoms with Gasteiger partial charge in [-0.05, 0) is 61.9 Å². The first-order valence-electron chi connectivity index (χ1n) is 12.9. The summed E-state index contributed by atoms with van der Waals surface area (Å²) in [4.78, 5) is 31.6. The van der Waals surface area contributed by atoms with Crippen molar-refractivity contribution in [3.63, 3.8) is 0 Å². The molecule has 1 saturated carbocycles. The molecule has 1 aliphatic carbocycles. The Bertz CT molecular complexity index is 1450. The van der Waals surface area contributed by atoms with E-state index in [1.807, 2.05) is 0 Å². The molecule has 210 valence electrons. The summed E-state index contributed by atoms with van der Waals surface area (Å²) in [6.45, 7) is 0.290. The summed E-state index contributed by atoms with van der Waals surface area (Å²) in [5.74, 6) is -1.70.